The molecule has 0 saturated carbocycles. The van der Waals surface area contributed by atoms with Crippen molar-refractivity contribution in [1.82, 2.24) is 25.1 Å². The second-order valence-corrected chi connectivity index (χ2v) is 6.60. The number of aromatic nitrogens is 4. The number of carbonyl (C=O) groups excluding carboxylic acids is 1. The van der Waals surface area contributed by atoms with Gasteiger partial charge in [-0.1, -0.05) is 12.1 Å². The Morgan fingerprint density at radius 2 is 1.81 bits per heavy atom. The third-order valence-corrected chi connectivity index (χ3v) is 4.32. The highest BCUT2D eigenvalue weighted by molar-refractivity contribution is 5.79. The Bertz CT molecular complexity index is 976. The van der Waals surface area contributed by atoms with Gasteiger partial charge in [0.1, 0.15) is 5.82 Å². The predicted molar refractivity (Wildman–Crippen MR) is 100 cm³/mol. The van der Waals surface area contributed by atoms with Gasteiger partial charge in [0.15, 0.2) is 0 Å². The van der Waals surface area contributed by atoms with Crippen LogP contribution in [0.15, 0.2) is 30.3 Å². The van der Waals surface area contributed by atoms with Crippen molar-refractivity contribution in [2.75, 3.05) is 0 Å². The third-order valence-electron chi connectivity index (χ3n) is 4.32. The van der Waals surface area contributed by atoms with Crippen LogP contribution >= 0.6 is 0 Å². The van der Waals surface area contributed by atoms with Gasteiger partial charge in [0.05, 0.1) is 12.1 Å². The molecule has 0 fully saturated rings. The Morgan fingerprint density at radius 3 is 2.48 bits per heavy atom. The van der Waals surface area contributed by atoms with Gasteiger partial charge in [-0.25, -0.2) is 19.0 Å². The summed E-state index contributed by atoms with van der Waals surface area (Å²) in [5.74, 6) is 0.0361. The predicted octanol–water partition coefficient (Wildman–Crippen LogP) is 2.89. The van der Waals surface area contributed by atoms with Crippen LogP contribution in [0.25, 0.3) is 5.95 Å². The van der Waals surface area contributed by atoms with E-state index in [1.807, 2.05) is 33.8 Å². The monoisotopic (exact) mass is 367 g/mol. The lowest BCUT2D eigenvalue weighted by Crippen LogP contribution is -2.25. The molecule has 0 radical (unpaired) electrons. The number of amides is 1. The Balaban J connectivity index is 1.75. The van der Waals surface area contributed by atoms with Crippen molar-refractivity contribution in [2.24, 2.45) is 0 Å². The maximum atomic E-state index is 13.2. The van der Waals surface area contributed by atoms with Crippen molar-refractivity contribution in [3.05, 3.63) is 70.1 Å². The fourth-order valence-electron chi connectivity index (χ4n) is 3.00. The van der Waals surface area contributed by atoms with Gasteiger partial charge in [-0.15, -0.1) is 0 Å². The number of hydrogen-bond acceptors (Lipinski definition) is 4. The maximum absolute atomic E-state index is 13.2. The Kier molecular flexibility index (Phi) is 5.30. The van der Waals surface area contributed by atoms with Gasteiger partial charge < -0.3 is 5.32 Å². The minimum atomic E-state index is -0.317. The number of rotatable bonds is 5. The normalized spacial score (nSPS) is 10.9. The van der Waals surface area contributed by atoms with E-state index in [9.17, 15) is 9.18 Å². The number of hydrogen-bond donors (Lipinski definition) is 1. The first kappa shape index (κ1) is 18.7. The number of benzene rings is 1. The molecule has 0 saturated heterocycles. The van der Waals surface area contributed by atoms with Gasteiger partial charge in [0.2, 0.25) is 5.91 Å². The maximum Gasteiger partial charge on any atom is 0.251 e. The van der Waals surface area contributed by atoms with Crippen LogP contribution in [0.4, 0.5) is 4.39 Å². The molecule has 140 valence electrons. The number of halogens is 1. The molecule has 0 unspecified atom stereocenters. The van der Waals surface area contributed by atoms with Crippen LogP contribution in [-0.4, -0.2) is 25.7 Å². The van der Waals surface area contributed by atoms with E-state index >= 15 is 0 Å². The average molecular weight is 367 g/mol. The van der Waals surface area contributed by atoms with E-state index in [0.717, 1.165) is 33.9 Å². The van der Waals surface area contributed by atoms with Crippen LogP contribution < -0.4 is 5.32 Å². The van der Waals surface area contributed by atoms with Crippen LogP contribution in [0.5, 0.6) is 0 Å². The fraction of sp³-hybridized carbons (Fsp3) is 0.300. The van der Waals surface area contributed by atoms with E-state index < -0.39 is 0 Å². The van der Waals surface area contributed by atoms with E-state index in [4.69, 9.17) is 0 Å². The van der Waals surface area contributed by atoms with E-state index in [1.165, 1.54) is 12.1 Å². The van der Waals surface area contributed by atoms with Gasteiger partial charge in [-0.05, 0) is 51.5 Å². The summed E-state index contributed by atoms with van der Waals surface area (Å²) in [6, 6.07) is 8.08. The van der Waals surface area contributed by atoms with Crippen molar-refractivity contribution in [1.29, 1.82) is 0 Å². The highest BCUT2D eigenvalue weighted by Gasteiger charge is 2.17. The lowest BCUT2D eigenvalue weighted by atomic mass is 10.1. The van der Waals surface area contributed by atoms with Crippen LogP contribution in [0.3, 0.4) is 0 Å². The summed E-state index contributed by atoms with van der Waals surface area (Å²) in [6.07, 6.45) is 0.192. The summed E-state index contributed by atoms with van der Waals surface area (Å²) in [5, 5.41) is 7.33. The van der Waals surface area contributed by atoms with Crippen LogP contribution in [0.1, 0.15) is 33.9 Å². The van der Waals surface area contributed by atoms with Crippen LogP contribution in [0, 0.1) is 33.5 Å². The molecule has 0 aliphatic carbocycles. The Labute approximate surface area is 157 Å². The van der Waals surface area contributed by atoms with E-state index in [1.54, 1.807) is 16.8 Å². The largest absolute Gasteiger partial charge is 0.352 e. The summed E-state index contributed by atoms with van der Waals surface area (Å²) >= 11 is 0. The molecule has 1 aromatic carbocycles. The molecule has 0 bridgehead atoms. The standard InChI is InChI=1S/C20H22FN5O/c1-12-8-13(2)24-20(23-12)26-15(4)18(14(3)25-26)10-19(27)22-11-16-6-5-7-17(21)9-16/h5-9H,10-11H2,1-4H3,(H,22,27). The molecule has 7 heteroatoms. The van der Waals surface area contributed by atoms with Gasteiger partial charge in [-0.3, -0.25) is 4.79 Å². The lowest BCUT2D eigenvalue weighted by molar-refractivity contribution is -0.120. The van der Waals surface area contributed by atoms with E-state index in [-0.39, 0.29) is 24.7 Å². The summed E-state index contributed by atoms with van der Waals surface area (Å²) in [4.78, 5) is 21.2. The first-order valence-corrected chi connectivity index (χ1v) is 8.72. The smallest absolute Gasteiger partial charge is 0.251 e. The topological polar surface area (TPSA) is 72.7 Å². The third kappa shape index (κ3) is 4.36. The molecule has 1 N–H and O–H groups in total. The molecule has 0 atom stereocenters. The second kappa shape index (κ2) is 7.65. The molecule has 2 aromatic heterocycles. The zero-order valence-corrected chi connectivity index (χ0v) is 15.9. The quantitative estimate of drug-likeness (QED) is 0.753. The summed E-state index contributed by atoms with van der Waals surface area (Å²) in [7, 11) is 0. The van der Waals surface area contributed by atoms with Gasteiger partial charge in [0.25, 0.3) is 5.95 Å². The Hall–Kier alpha value is -3.09. The summed E-state index contributed by atoms with van der Waals surface area (Å²) in [5.41, 5.74) is 4.87. The molecule has 0 spiro atoms. The molecule has 0 aliphatic heterocycles. The van der Waals surface area contributed by atoms with Crippen molar-refractivity contribution in [2.45, 2.75) is 40.7 Å². The Morgan fingerprint density at radius 1 is 1.11 bits per heavy atom. The van der Waals surface area contributed by atoms with Crippen molar-refractivity contribution in [3.63, 3.8) is 0 Å². The van der Waals surface area contributed by atoms with Crippen molar-refractivity contribution < 1.29 is 9.18 Å². The number of aryl methyl sites for hydroxylation is 3. The SMILES string of the molecule is Cc1cc(C)nc(-n2nc(C)c(CC(=O)NCc3cccc(F)c3)c2C)n1. The molecule has 3 rings (SSSR count). The number of carbonyl (C=O) groups is 1. The minimum Gasteiger partial charge on any atom is -0.352 e. The van der Waals surface area contributed by atoms with E-state index in [0.29, 0.717) is 5.95 Å². The van der Waals surface area contributed by atoms with Crippen molar-refractivity contribution in [3.8, 4) is 5.95 Å². The average Bonchev–Trinajstić information content (AvgIpc) is 2.87. The van der Waals surface area contributed by atoms with Gasteiger partial charge in [-0.2, -0.15) is 5.10 Å². The summed E-state index contributed by atoms with van der Waals surface area (Å²) in [6.45, 7) is 7.86. The molecular formula is C20H22FN5O. The molecule has 2 heterocycles. The zero-order valence-electron chi connectivity index (χ0n) is 15.9. The first-order valence-electron chi connectivity index (χ1n) is 8.72. The highest BCUT2D eigenvalue weighted by Crippen LogP contribution is 2.17. The van der Waals surface area contributed by atoms with Gasteiger partial charge in [0, 0.05) is 29.2 Å². The van der Waals surface area contributed by atoms with Crippen LogP contribution in [-0.2, 0) is 17.8 Å². The number of nitrogens with one attached hydrogen (secondary N) is 1. The number of nitrogens with zero attached hydrogens (tertiary/aromatic N) is 4. The zero-order chi connectivity index (χ0) is 19.6. The molecular weight excluding hydrogens is 345 g/mol. The van der Waals surface area contributed by atoms with E-state index in [2.05, 4.69) is 20.4 Å². The molecule has 0 aliphatic rings. The lowest BCUT2D eigenvalue weighted by Gasteiger charge is -2.07. The molecule has 27 heavy (non-hydrogen) atoms. The fourth-order valence-corrected chi connectivity index (χ4v) is 3.00. The first-order chi connectivity index (χ1) is 12.8. The van der Waals surface area contributed by atoms with Gasteiger partial charge >= 0.3 is 0 Å². The van der Waals surface area contributed by atoms with Crippen LogP contribution in [0.2, 0.25) is 0 Å². The minimum absolute atomic E-state index is 0.147. The summed E-state index contributed by atoms with van der Waals surface area (Å²) < 4.78 is 14.9. The highest BCUT2D eigenvalue weighted by atomic mass is 19.1. The van der Waals surface area contributed by atoms with Crippen molar-refractivity contribution >= 4 is 5.91 Å². The molecule has 6 nitrogen and oxygen atoms in total. The second-order valence-electron chi connectivity index (χ2n) is 6.60. The molecule has 3 aromatic rings. The molecule has 1 amide bonds.